The highest BCUT2D eigenvalue weighted by Crippen LogP contribution is 2.25. The summed E-state index contributed by atoms with van der Waals surface area (Å²) in [6, 6.07) is 11.9. The summed E-state index contributed by atoms with van der Waals surface area (Å²) >= 11 is 5.97. The van der Waals surface area contributed by atoms with Gasteiger partial charge in [-0.3, -0.25) is 4.72 Å². The van der Waals surface area contributed by atoms with E-state index in [0.717, 1.165) is 11.0 Å². The smallest absolute Gasteiger partial charge is 0.263 e. The number of rotatable bonds is 4. The third kappa shape index (κ3) is 3.04. The number of imidazole rings is 1. The maximum atomic E-state index is 12.5. The Bertz CT molecular complexity index is 964. The summed E-state index contributed by atoms with van der Waals surface area (Å²) in [6.45, 7) is 4.13. The van der Waals surface area contributed by atoms with Crippen LogP contribution in [0.15, 0.2) is 53.7 Å². The third-order valence-corrected chi connectivity index (χ3v) is 5.39. The average Bonchev–Trinajstić information content (AvgIpc) is 2.90. The second-order valence-corrected chi connectivity index (χ2v) is 7.54. The number of hydrogen-bond donors (Lipinski definition) is 1. The van der Waals surface area contributed by atoms with Crippen LogP contribution < -0.4 is 4.72 Å². The Hall–Kier alpha value is -2.05. The van der Waals surface area contributed by atoms with Gasteiger partial charge in [0.2, 0.25) is 0 Å². The van der Waals surface area contributed by atoms with Crippen LogP contribution in [0.2, 0.25) is 5.02 Å². The Balaban J connectivity index is 1.97. The van der Waals surface area contributed by atoms with Gasteiger partial charge < -0.3 is 4.57 Å². The van der Waals surface area contributed by atoms with Crippen molar-refractivity contribution in [3.8, 4) is 0 Å². The molecule has 0 atom stereocenters. The molecule has 0 fully saturated rings. The summed E-state index contributed by atoms with van der Waals surface area (Å²) in [7, 11) is -3.74. The second kappa shape index (κ2) is 5.86. The van der Waals surface area contributed by atoms with Crippen LogP contribution in [0.3, 0.4) is 0 Å². The highest BCUT2D eigenvalue weighted by atomic mass is 35.5. The number of halogens is 1. The molecule has 23 heavy (non-hydrogen) atoms. The molecule has 7 heteroatoms. The van der Waals surface area contributed by atoms with E-state index in [9.17, 15) is 8.42 Å². The number of benzene rings is 2. The van der Waals surface area contributed by atoms with Crippen molar-refractivity contribution in [2.24, 2.45) is 0 Å². The molecule has 5 nitrogen and oxygen atoms in total. The fourth-order valence-electron chi connectivity index (χ4n) is 2.38. The molecule has 0 saturated heterocycles. The highest BCUT2D eigenvalue weighted by Gasteiger charge is 2.18. The Labute approximate surface area is 140 Å². The summed E-state index contributed by atoms with van der Waals surface area (Å²) in [5, 5.41) is 0.185. The topological polar surface area (TPSA) is 64.0 Å². The molecule has 1 aromatic heterocycles. The fraction of sp³-hybridized carbons (Fsp3) is 0.188. The molecule has 0 aliphatic heterocycles. The largest absolute Gasteiger partial charge is 0.328 e. The van der Waals surface area contributed by atoms with Crippen LogP contribution in [0.5, 0.6) is 0 Å². The zero-order valence-electron chi connectivity index (χ0n) is 12.7. The predicted molar refractivity (Wildman–Crippen MR) is 92.4 cm³/mol. The molecule has 0 spiro atoms. The molecule has 0 saturated carbocycles. The van der Waals surface area contributed by atoms with E-state index in [1.807, 2.05) is 10.6 Å². The lowest BCUT2D eigenvalue weighted by molar-refractivity contribution is 0.601. The first-order valence-electron chi connectivity index (χ1n) is 7.12. The zero-order valence-corrected chi connectivity index (χ0v) is 14.3. The predicted octanol–water partition coefficient (Wildman–Crippen LogP) is 4.07. The monoisotopic (exact) mass is 349 g/mol. The minimum atomic E-state index is -3.74. The van der Waals surface area contributed by atoms with Crippen molar-refractivity contribution in [2.75, 3.05) is 4.72 Å². The normalized spacial score (nSPS) is 12.0. The Morgan fingerprint density at radius 2 is 1.91 bits per heavy atom. The van der Waals surface area contributed by atoms with Gasteiger partial charge in [0.1, 0.15) is 4.90 Å². The van der Waals surface area contributed by atoms with Crippen molar-refractivity contribution in [2.45, 2.75) is 24.8 Å². The van der Waals surface area contributed by atoms with Crippen LogP contribution in [0, 0.1) is 0 Å². The number of hydrogen-bond acceptors (Lipinski definition) is 3. The lowest BCUT2D eigenvalue weighted by Gasteiger charge is -2.10. The van der Waals surface area contributed by atoms with E-state index in [1.54, 1.807) is 36.7 Å². The van der Waals surface area contributed by atoms with Crippen molar-refractivity contribution in [3.63, 3.8) is 0 Å². The molecular formula is C16H16ClN3O2S. The van der Waals surface area contributed by atoms with Gasteiger partial charge in [-0.1, -0.05) is 23.7 Å². The second-order valence-electron chi connectivity index (χ2n) is 5.49. The van der Waals surface area contributed by atoms with Gasteiger partial charge in [0, 0.05) is 6.04 Å². The third-order valence-electron chi connectivity index (χ3n) is 3.51. The fourth-order valence-corrected chi connectivity index (χ4v) is 3.95. The summed E-state index contributed by atoms with van der Waals surface area (Å²) in [6.07, 6.45) is 1.75. The lowest BCUT2D eigenvalue weighted by Crippen LogP contribution is -2.13. The summed E-state index contributed by atoms with van der Waals surface area (Å²) in [5.74, 6) is 0. The van der Waals surface area contributed by atoms with Gasteiger partial charge in [-0.15, -0.1) is 0 Å². The van der Waals surface area contributed by atoms with E-state index in [2.05, 4.69) is 23.6 Å². The van der Waals surface area contributed by atoms with Crippen LogP contribution >= 0.6 is 11.6 Å². The van der Waals surface area contributed by atoms with Gasteiger partial charge in [0.25, 0.3) is 10.0 Å². The van der Waals surface area contributed by atoms with Crippen LogP contribution in [-0.4, -0.2) is 18.0 Å². The number of nitrogens with zero attached hydrogens (tertiary/aromatic N) is 2. The minimum Gasteiger partial charge on any atom is -0.328 e. The number of aromatic nitrogens is 2. The molecule has 0 bridgehead atoms. The van der Waals surface area contributed by atoms with Crippen molar-refractivity contribution < 1.29 is 8.42 Å². The Kier molecular flexibility index (Phi) is 4.04. The van der Waals surface area contributed by atoms with E-state index in [1.165, 1.54) is 6.07 Å². The van der Waals surface area contributed by atoms with Crippen LogP contribution in [0.25, 0.3) is 11.0 Å². The van der Waals surface area contributed by atoms with E-state index >= 15 is 0 Å². The number of fused-ring (bicyclic) bond motifs is 1. The van der Waals surface area contributed by atoms with Crippen LogP contribution in [-0.2, 0) is 10.0 Å². The first-order valence-corrected chi connectivity index (χ1v) is 8.98. The molecule has 3 aromatic rings. The summed E-state index contributed by atoms with van der Waals surface area (Å²) in [5.41, 5.74) is 2.14. The molecule has 0 radical (unpaired) electrons. The van der Waals surface area contributed by atoms with Gasteiger partial charge in [-0.05, 0) is 44.2 Å². The molecular weight excluding hydrogens is 334 g/mol. The molecule has 2 aromatic carbocycles. The van der Waals surface area contributed by atoms with E-state index in [0.29, 0.717) is 5.69 Å². The van der Waals surface area contributed by atoms with Gasteiger partial charge in [-0.2, -0.15) is 0 Å². The van der Waals surface area contributed by atoms with Gasteiger partial charge in [0.15, 0.2) is 0 Å². The van der Waals surface area contributed by atoms with Crippen molar-refractivity contribution in [1.82, 2.24) is 9.55 Å². The van der Waals surface area contributed by atoms with E-state index < -0.39 is 10.0 Å². The molecule has 1 N–H and O–H groups in total. The quantitative estimate of drug-likeness (QED) is 0.772. The maximum absolute atomic E-state index is 12.5. The van der Waals surface area contributed by atoms with E-state index in [-0.39, 0.29) is 16.0 Å². The minimum absolute atomic E-state index is 0.0504. The molecule has 120 valence electrons. The molecule has 0 aliphatic carbocycles. The molecule has 0 unspecified atom stereocenters. The van der Waals surface area contributed by atoms with Crippen molar-refractivity contribution in [3.05, 3.63) is 53.8 Å². The zero-order chi connectivity index (χ0) is 16.6. The lowest BCUT2D eigenvalue weighted by atomic mass is 10.2. The van der Waals surface area contributed by atoms with Gasteiger partial charge in [0.05, 0.1) is 28.1 Å². The van der Waals surface area contributed by atoms with E-state index in [4.69, 9.17) is 11.6 Å². The molecule has 0 aliphatic rings. The Morgan fingerprint density at radius 1 is 1.17 bits per heavy atom. The number of nitrogens with one attached hydrogen (secondary N) is 1. The van der Waals surface area contributed by atoms with Crippen molar-refractivity contribution in [1.29, 1.82) is 0 Å². The molecule has 3 rings (SSSR count). The SMILES string of the molecule is CC(C)n1cnc2cc(NS(=O)(=O)c3ccccc3Cl)ccc21. The van der Waals surface area contributed by atoms with Crippen LogP contribution in [0.1, 0.15) is 19.9 Å². The van der Waals surface area contributed by atoms with Crippen molar-refractivity contribution >= 4 is 38.3 Å². The summed E-state index contributed by atoms with van der Waals surface area (Å²) in [4.78, 5) is 4.37. The highest BCUT2D eigenvalue weighted by molar-refractivity contribution is 7.92. The molecule has 0 amide bonds. The average molecular weight is 350 g/mol. The van der Waals surface area contributed by atoms with Crippen LogP contribution in [0.4, 0.5) is 5.69 Å². The first kappa shape index (κ1) is 15.8. The first-order chi connectivity index (χ1) is 10.9. The standard InChI is InChI=1S/C16H16ClN3O2S/c1-11(2)20-10-18-14-9-12(7-8-15(14)20)19-23(21,22)16-6-4-3-5-13(16)17/h3-11,19H,1-2H3. The van der Waals surface area contributed by atoms with Gasteiger partial charge in [-0.25, -0.2) is 13.4 Å². The number of sulfonamides is 1. The van der Waals surface area contributed by atoms with Gasteiger partial charge >= 0.3 is 0 Å². The maximum Gasteiger partial charge on any atom is 0.263 e. The summed E-state index contributed by atoms with van der Waals surface area (Å²) < 4.78 is 29.5. The number of anilines is 1. The molecule has 1 heterocycles. The Morgan fingerprint density at radius 3 is 2.61 bits per heavy atom.